The smallest absolute Gasteiger partial charge is 0.332 e. The minimum atomic E-state index is -0.477. The van der Waals surface area contributed by atoms with Gasteiger partial charge in [-0.1, -0.05) is 12.1 Å². The summed E-state index contributed by atoms with van der Waals surface area (Å²) in [4.78, 5) is 36.2. The third kappa shape index (κ3) is 4.69. The van der Waals surface area contributed by atoms with Gasteiger partial charge >= 0.3 is 5.69 Å². The molecule has 194 valence electrons. The Hall–Kier alpha value is -3.79. The van der Waals surface area contributed by atoms with E-state index in [2.05, 4.69) is 4.98 Å². The molecule has 1 aromatic carbocycles. The van der Waals surface area contributed by atoms with E-state index >= 15 is 0 Å². The Bertz CT molecular complexity index is 1550. The number of ether oxygens (including phenoxy) is 1. The van der Waals surface area contributed by atoms with Crippen LogP contribution in [0.25, 0.3) is 22.6 Å². The number of rotatable bonds is 9. The van der Waals surface area contributed by atoms with Crippen LogP contribution in [0, 0.1) is 12.7 Å². The van der Waals surface area contributed by atoms with Gasteiger partial charge in [0.15, 0.2) is 11.2 Å². The van der Waals surface area contributed by atoms with Crippen LogP contribution in [0.5, 0.6) is 5.88 Å². The van der Waals surface area contributed by atoms with Crippen LogP contribution < -0.4 is 16.0 Å². The van der Waals surface area contributed by atoms with E-state index in [4.69, 9.17) is 9.72 Å². The van der Waals surface area contributed by atoms with Crippen molar-refractivity contribution >= 4 is 11.2 Å². The molecular formula is C27H30FN5O4. The summed E-state index contributed by atoms with van der Waals surface area (Å²) in [6.45, 7) is 4.18. The summed E-state index contributed by atoms with van der Waals surface area (Å²) in [5, 5.41) is 9.31. The number of halogens is 1. The Morgan fingerprint density at radius 1 is 1.05 bits per heavy atom. The van der Waals surface area contributed by atoms with Crippen LogP contribution in [0.2, 0.25) is 0 Å². The highest BCUT2D eigenvalue weighted by Gasteiger charge is 2.24. The molecule has 37 heavy (non-hydrogen) atoms. The Morgan fingerprint density at radius 3 is 2.43 bits per heavy atom. The number of pyridine rings is 1. The highest BCUT2D eigenvalue weighted by atomic mass is 19.1. The third-order valence-electron chi connectivity index (χ3n) is 6.87. The quantitative estimate of drug-likeness (QED) is 0.373. The predicted molar refractivity (Wildman–Crippen MR) is 137 cm³/mol. The van der Waals surface area contributed by atoms with E-state index in [0.29, 0.717) is 29.5 Å². The van der Waals surface area contributed by atoms with Crippen LogP contribution in [0.15, 0.2) is 46.0 Å². The van der Waals surface area contributed by atoms with E-state index in [1.165, 1.54) is 16.7 Å². The number of aliphatic hydroxyl groups is 1. The second-order valence-corrected chi connectivity index (χ2v) is 9.33. The first kappa shape index (κ1) is 24.9. The van der Waals surface area contributed by atoms with Gasteiger partial charge in [0.05, 0.1) is 5.69 Å². The van der Waals surface area contributed by atoms with E-state index in [1.807, 2.05) is 19.9 Å². The standard InChI is InChI=1S/C27H30FN5O4/c1-3-31-25-23(26(35)32(27(31)36)14-5-15-34)33(16-18-8-10-19(28)11-9-18)24(30-25)21-12-13-22(29-17(21)2)37-20-6-4-7-20/h8-13,20,34H,3-7,14-16H2,1-2H3. The van der Waals surface area contributed by atoms with Gasteiger partial charge in [0.2, 0.25) is 5.88 Å². The van der Waals surface area contributed by atoms with Gasteiger partial charge in [0.25, 0.3) is 5.56 Å². The number of aryl methyl sites for hydroxylation is 2. The van der Waals surface area contributed by atoms with Crippen molar-refractivity contribution in [3.8, 4) is 17.3 Å². The fourth-order valence-electron chi connectivity index (χ4n) is 4.63. The van der Waals surface area contributed by atoms with Crippen LogP contribution in [-0.2, 0) is 19.6 Å². The van der Waals surface area contributed by atoms with Crippen molar-refractivity contribution < 1.29 is 14.2 Å². The van der Waals surface area contributed by atoms with Crippen molar-refractivity contribution in [3.05, 3.63) is 74.3 Å². The molecule has 4 aromatic rings. The van der Waals surface area contributed by atoms with E-state index in [9.17, 15) is 19.1 Å². The van der Waals surface area contributed by atoms with Gasteiger partial charge in [-0.25, -0.2) is 19.2 Å². The summed E-state index contributed by atoms with van der Waals surface area (Å²) in [7, 11) is 0. The fraction of sp³-hybridized carbons (Fsp3) is 0.407. The second kappa shape index (κ2) is 10.3. The zero-order valence-electron chi connectivity index (χ0n) is 21.0. The van der Waals surface area contributed by atoms with Gasteiger partial charge in [0.1, 0.15) is 17.7 Å². The topological polar surface area (TPSA) is 104 Å². The van der Waals surface area contributed by atoms with Gasteiger partial charge in [-0.2, -0.15) is 0 Å². The first-order valence-corrected chi connectivity index (χ1v) is 12.6. The third-order valence-corrected chi connectivity index (χ3v) is 6.87. The Morgan fingerprint density at radius 2 is 1.81 bits per heavy atom. The van der Waals surface area contributed by atoms with Gasteiger partial charge in [-0.15, -0.1) is 0 Å². The van der Waals surface area contributed by atoms with E-state index in [0.717, 1.165) is 29.4 Å². The molecule has 0 radical (unpaired) electrons. The minimum Gasteiger partial charge on any atom is -0.474 e. The van der Waals surface area contributed by atoms with E-state index in [1.54, 1.807) is 22.8 Å². The largest absolute Gasteiger partial charge is 0.474 e. The zero-order valence-corrected chi connectivity index (χ0v) is 21.0. The summed E-state index contributed by atoms with van der Waals surface area (Å²) in [5.74, 6) is 0.676. The maximum absolute atomic E-state index is 13.6. The molecule has 0 spiro atoms. The van der Waals surface area contributed by atoms with Crippen molar-refractivity contribution in [2.45, 2.75) is 65.3 Å². The monoisotopic (exact) mass is 507 g/mol. The summed E-state index contributed by atoms with van der Waals surface area (Å²) in [6.07, 6.45) is 3.66. The number of aromatic nitrogens is 5. The van der Waals surface area contributed by atoms with Crippen molar-refractivity contribution in [2.75, 3.05) is 6.61 Å². The Kier molecular flexibility index (Phi) is 6.92. The fourth-order valence-corrected chi connectivity index (χ4v) is 4.63. The molecule has 0 atom stereocenters. The number of nitrogens with zero attached hydrogens (tertiary/aromatic N) is 5. The maximum atomic E-state index is 13.6. The number of imidazole rings is 1. The Labute approximate surface area is 212 Å². The summed E-state index contributed by atoms with van der Waals surface area (Å²) >= 11 is 0. The molecule has 0 unspecified atom stereocenters. The van der Waals surface area contributed by atoms with E-state index < -0.39 is 11.2 Å². The number of hydrogen-bond donors (Lipinski definition) is 1. The molecule has 3 aromatic heterocycles. The summed E-state index contributed by atoms with van der Waals surface area (Å²) < 4.78 is 23.9. The first-order valence-electron chi connectivity index (χ1n) is 12.6. The van der Waals surface area contributed by atoms with Crippen molar-refractivity contribution in [1.82, 2.24) is 23.7 Å². The van der Waals surface area contributed by atoms with Crippen LogP contribution in [-0.4, -0.2) is 41.5 Å². The molecule has 0 amide bonds. The molecule has 1 fully saturated rings. The van der Waals surface area contributed by atoms with Crippen LogP contribution >= 0.6 is 0 Å². The van der Waals surface area contributed by atoms with Crippen molar-refractivity contribution in [1.29, 1.82) is 0 Å². The van der Waals surface area contributed by atoms with Crippen LogP contribution in [0.4, 0.5) is 4.39 Å². The number of benzene rings is 1. The molecule has 0 bridgehead atoms. The lowest BCUT2D eigenvalue weighted by molar-refractivity contribution is 0.114. The molecule has 10 heteroatoms. The van der Waals surface area contributed by atoms with Gasteiger partial charge in [-0.05, 0) is 63.3 Å². The normalized spacial score (nSPS) is 13.7. The van der Waals surface area contributed by atoms with Crippen molar-refractivity contribution in [2.24, 2.45) is 0 Å². The average molecular weight is 508 g/mol. The molecule has 5 rings (SSSR count). The highest BCUT2D eigenvalue weighted by Crippen LogP contribution is 2.29. The number of hydrogen-bond acceptors (Lipinski definition) is 6. The maximum Gasteiger partial charge on any atom is 0.332 e. The molecule has 1 aliphatic rings. The number of fused-ring (bicyclic) bond motifs is 1. The molecule has 9 nitrogen and oxygen atoms in total. The minimum absolute atomic E-state index is 0.0922. The van der Waals surface area contributed by atoms with Gasteiger partial charge in [0, 0.05) is 37.9 Å². The van der Waals surface area contributed by atoms with Crippen LogP contribution in [0.3, 0.4) is 0 Å². The van der Waals surface area contributed by atoms with Crippen molar-refractivity contribution in [3.63, 3.8) is 0 Å². The summed E-state index contributed by atoms with van der Waals surface area (Å²) in [5.41, 5.74) is 1.76. The number of aliphatic hydroxyl groups excluding tert-OH is 1. The van der Waals surface area contributed by atoms with Gasteiger partial charge in [-0.3, -0.25) is 13.9 Å². The lowest BCUT2D eigenvalue weighted by atomic mass is 9.96. The zero-order chi connectivity index (χ0) is 26.1. The highest BCUT2D eigenvalue weighted by molar-refractivity contribution is 5.78. The molecule has 1 N–H and O–H groups in total. The Balaban J connectivity index is 1.72. The second-order valence-electron chi connectivity index (χ2n) is 9.33. The molecule has 0 saturated heterocycles. The first-order chi connectivity index (χ1) is 17.9. The lowest BCUT2D eigenvalue weighted by Crippen LogP contribution is -2.40. The lowest BCUT2D eigenvalue weighted by Gasteiger charge is -2.25. The SMILES string of the molecule is CCn1c(=O)n(CCCO)c(=O)c2c1nc(-c1ccc(OC3CCC3)nc1C)n2Cc1ccc(F)cc1. The molecule has 0 aliphatic heterocycles. The molecule has 1 aliphatic carbocycles. The molecule has 3 heterocycles. The van der Waals surface area contributed by atoms with Gasteiger partial charge < -0.3 is 14.4 Å². The summed E-state index contributed by atoms with van der Waals surface area (Å²) in [6, 6.07) is 9.73. The van der Waals surface area contributed by atoms with Crippen LogP contribution in [0.1, 0.15) is 43.9 Å². The predicted octanol–water partition coefficient (Wildman–Crippen LogP) is 3.25. The van der Waals surface area contributed by atoms with E-state index in [-0.39, 0.29) is 49.2 Å². The molecule has 1 saturated carbocycles. The molecular weight excluding hydrogens is 477 g/mol. The average Bonchev–Trinajstić information content (AvgIpc) is 3.22.